The van der Waals surface area contributed by atoms with Crippen LogP contribution in [-0.4, -0.2) is 56.2 Å². The van der Waals surface area contributed by atoms with Gasteiger partial charge < -0.3 is 5.32 Å². The highest BCUT2D eigenvalue weighted by Gasteiger charge is 2.32. The molecule has 1 aromatic carbocycles. The number of nitrogens with zero attached hydrogens (tertiary/aromatic N) is 2. The molecule has 3 rings (SSSR count). The third-order valence-corrected chi connectivity index (χ3v) is 8.03. The van der Waals surface area contributed by atoms with E-state index >= 15 is 0 Å². The molecule has 2 heterocycles. The number of hydrogen-bond donors (Lipinski definition) is 2. The standard InChI is InChI=1S/C21H28N4O4S2/c1-4-16-7-5-6-13-25(16)31(28,29)17-10-8-15(9-11-17)19(26)22-21-18(12-14-30-21)20(27)23-24(2)3/h8-12,14,16H,4-7,13H2,1-3H3,(H,22,26)(H,23,27). The lowest BCUT2D eigenvalue weighted by Gasteiger charge is -2.34. The predicted molar refractivity (Wildman–Crippen MR) is 122 cm³/mol. The second-order valence-electron chi connectivity index (χ2n) is 7.65. The Kier molecular flexibility index (Phi) is 7.47. The van der Waals surface area contributed by atoms with Crippen LogP contribution in [-0.2, 0) is 10.0 Å². The number of piperidine rings is 1. The molecule has 0 bridgehead atoms. The van der Waals surface area contributed by atoms with Crippen molar-refractivity contribution in [2.24, 2.45) is 0 Å². The van der Waals surface area contributed by atoms with Crippen LogP contribution in [0.25, 0.3) is 0 Å². The molecule has 1 fully saturated rings. The Hall–Kier alpha value is -2.27. The number of anilines is 1. The van der Waals surface area contributed by atoms with Crippen LogP contribution in [0.3, 0.4) is 0 Å². The van der Waals surface area contributed by atoms with Crippen LogP contribution >= 0.6 is 11.3 Å². The second kappa shape index (κ2) is 9.90. The number of carbonyl (C=O) groups is 2. The average Bonchev–Trinajstić information content (AvgIpc) is 3.21. The molecule has 1 atom stereocenters. The highest BCUT2D eigenvalue weighted by Crippen LogP contribution is 2.28. The summed E-state index contributed by atoms with van der Waals surface area (Å²) in [5.74, 6) is -0.732. The molecule has 2 N–H and O–H groups in total. The first-order valence-corrected chi connectivity index (χ1v) is 12.5. The summed E-state index contributed by atoms with van der Waals surface area (Å²) in [6.07, 6.45) is 3.56. The predicted octanol–water partition coefficient (Wildman–Crippen LogP) is 3.16. The molecule has 0 saturated carbocycles. The number of thiophene rings is 1. The van der Waals surface area contributed by atoms with Crippen LogP contribution in [0, 0.1) is 0 Å². The van der Waals surface area contributed by atoms with Gasteiger partial charge in [-0.2, -0.15) is 4.31 Å². The Morgan fingerprint density at radius 3 is 2.48 bits per heavy atom. The van der Waals surface area contributed by atoms with Gasteiger partial charge in [-0.25, -0.2) is 13.4 Å². The summed E-state index contributed by atoms with van der Waals surface area (Å²) in [4.78, 5) is 25.1. The van der Waals surface area contributed by atoms with E-state index in [2.05, 4.69) is 10.7 Å². The van der Waals surface area contributed by atoms with Crippen LogP contribution in [0.5, 0.6) is 0 Å². The third-order valence-electron chi connectivity index (χ3n) is 5.23. The largest absolute Gasteiger partial charge is 0.313 e. The fraction of sp³-hybridized carbons (Fsp3) is 0.429. The summed E-state index contributed by atoms with van der Waals surface area (Å²) < 4.78 is 27.8. The summed E-state index contributed by atoms with van der Waals surface area (Å²) in [6, 6.07) is 7.60. The van der Waals surface area contributed by atoms with Gasteiger partial charge in [-0.1, -0.05) is 13.3 Å². The first-order chi connectivity index (χ1) is 14.7. The fourth-order valence-electron chi connectivity index (χ4n) is 3.64. The van der Waals surface area contributed by atoms with Crippen molar-refractivity contribution in [2.45, 2.75) is 43.5 Å². The van der Waals surface area contributed by atoms with E-state index in [-0.39, 0.29) is 16.8 Å². The van der Waals surface area contributed by atoms with E-state index in [0.29, 0.717) is 22.7 Å². The minimum absolute atomic E-state index is 0.0206. The van der Waals surface area contributed by atoms with Gasteiger partial charge in [0.15, 0.2) is 0 Å². The molecule has 10 heteroatoms. The van der Waals surface area contributed by atoms with Crippen molar-refractivity contribution >= 4 is 38.2 Å². The maximum absolute atomic E-state index is 13.1. The van der Waals surface area contributed by atoms with Crippen molar-refractivity contribution in [3.05, 3.63) is 46.8 Å². The molecule has 2 aromatic rings. The van der Waals surface area contributed by atoms with Crippen molar-refractivity contribution in [1.29, 1.82) is 0 Å². The molecule has 0 radical (unpaired) electrons. The Morgan fingerprint density at radius 2 is 1.84 bits per heavy atom. The van der Waals surface area contributed by atoms with E-state index in [1.165, 1.54) is 40.6 Å². The molecule has 2 amide bonds. The summed E-state index contributed by atoms with van der Waals surface area (Å²) in [5.41, 5.74) is 3.32. The number of hydrazine groups is 1. The van der Waals surface area contributed by atoms with Crippen molar-refractivity contribution in [1.82, 2.24) is 14.7 Å². The molecule has 1 unspecified atom stereocenters. The van der Waals surface area contributed by atoms with E-state index in [1.807, 2.05) is 6.92 Å². The van der Waals surface area contributed by atoms with Gasteiger partial charge in [0.25, 0.3) is 11.8 Å². The number of benzene rings is 1. The van der Waals surface area contributed by atoms with Gasteiger partial charge in [0.05, 0.1) is 10.5 Å². The molecule has 168 valence electrons. The fourth-order valence-corrected chi connectivity index (χ4v) is 6.18. The normalized spacial score (nSPS) is 17.5. The van der Waals surface area contributed by atoms with Gasteiger partial charge in [-0.3, -0.25) is 15.0 Å². The van der Waals surface area contributed by atoms with E-state index in [4.69, 9.17) is 0 Å². The van der Waals surface area contributed by atoms with E-state index in [0.717, 1.165) is 25.7 Å². The van der Waals surface area contributed by atoms with Crippen LogP contribution in [0.2, 0.25) is 0 Å². The lowest BCUT2D eigenvalue weighted by atomic mass is 10.0. The SMILES string of the molecule is CCC1CCCCN1S(=O)(=O)c1ccc(C(=O)Nc2sccc2C(=O)NN(C)C)cc1. The summed E-state index contributed by atoms with van der Waals surface area (Å²) in [6.45, 7) is 2.53. The van der Waals surface area contributed by atoms with E-state index in [1.54, 1.807) is 29.8 Å². The Morgan fingerprint density at radius 1 is 1.13 bits per heavy atom. The van der Waals surface area contributed by atoms with Gasteiger partial charge in [-0.05, 0) is 55.0 Å². The number of nitrogens with one attached hydrogen (secondary N) is 2. The Bertz CT molecular complexity index is 1030. The highest BCUT2D eigenvalue weighted by atomic mass is 32.2. The molecular formula is C21H28N4O4S2. The number of hydrogen-bond acceptors (Lipinski definition) is 6. The molecule has 8 nitrogen and oxygen atoms in total. The maximum atomic E-state index is 13.1. The number of amides is 2. The zero-order valence-electron chi connectivity index (χ0n) is 17.9. The number of sulfonamides is 1. The third kappa shape index (κ3) is 5.32. The lowest BCUT2D eigenvalue weighted by Crippen LogP contribution is -2.43. The minimum atomic E-state index is -3.60. The molecule has 31 heavy (non-hydrogen) atoms. The topological polar surface area (TPSA) is 98.8 Å². The van der Waals surface area contributed by atoms with Gasteiger partial charge in [0.1, 0.15) is 5.00 Å². The first-order valence-electron chi connectivity index (χ1n) is 10.2. The second-order valence-corrected chi connectivity index (χ2v) is 10.5. The molecule has 1 aliphatic heterocycles. The molecule has 0 spiro atoms. The maximum Gasteiger partial charge on any atom is 0.268 e. The van der Waals surface area contributed by atoms with Crippen LogP contribution in [0.1, 0.15) is 53.3 Å². The molecule has 1 saturated heterocycles. The minimum Gasteiger partial charge on any atom is -0.313 e. The Balaban J connectivity index is 1.74. The van der Waals surface area contributed by atoms with Gasteiger partial charge in [-0.15, -0.1) is 11.3 Å². The van der Waals surface area contributed by atoms with Gasteiger partial charge in [0, 0.05) is 32.2 Å². The monoisotopic (exact) mass is 464 g/mol. The summed E-state index contributed by atoms with van der Waals surface area (Å²) in [7, 11) is -0.201. The Labute approximate surface area is 187 Å². The van der Waals surface area contributed by atoms with Crippen LogP contribution in [0.4, 0.5) is 5.00 Å². The van der Waals surface area contributed by atoms with Gasteiger partial charge in [0.2, 0.25) is 10.0 Å². The van der Waals surface area contributed by atoms with Crippen LogP contribution < -0.4 is 10.7 Å². The van der Waals surface area contributed by atoms with Crippen molar-refractivity contribution in [2.75, 3.05) is 26.0 Å². The smallest absolute Gasteiger partial charge is 0.268 e. The lowest BCUT2D eigenvalue weighted by molar-refractivity contribution is 0.0858. The van der Waals surface area contributed by atoms with Crippen molar-refractivity contribution in [3.8, 4) is 0 Å². The van der Waals surface area contributed by atoms with Crippen molar-refractivity contribution < 1.29 is 18.0 Å². The number of carbonyl (C=O) groups excluding carboxylic acids is 2. The first kappa shape index (κ1) is 23.4. The highest BCUT2D eigenvalue weighted by molar-refractivity contribution is 7.89. The summed E-state index contributed by atoms with van der Waals surface area (Å²) >= 11 is 1.24. The van der Waals surface area contributed by atoms with Crippen molar-refractivity contribution in [3.63, 3.8) is 0 Å². The molecule has 0 aliphatic carbocycles. The van der Waals surface area contributed by atoms with Crippen LogP contribution in [0.15, 0.2) is 40.6 Å². The quantitative estimate of drug-likeness (QED) is 0.614. The van der Waals surface area contributed by atoms with Gasteiger partial charge >= 0.3 is 0 Å². The molecular weight excluding hydrogens is 436 g/mol. The zero-order chi connectivity index (χ0) is 22.6. The average molecular weight is 465 g/mol. The summed E-state index contributed by atoms with van der Waals surface area (Å²) in [5, 5.41) is 6.41. The molecule has 1 aromatic heterocycles. The molecule has 1 aliphatic rings. The van der Waals surface area contributed by atoms with E-state index in [9.17, 15) is 18.0 Å². The number of rotatable bonds is 7. The zero-order valence-corrected chi connectivity index (χ0v) is 19.6. The van der Waals surface area contributed by atoms with E-state index < -0.39 is 15.9 Å².